The summed E-state index contributed by atoms with van der Waals surface area (Å²) in [5.74, 6) is 0.0398. The van der Waals surface area contributed by atoms with Gasteiger partial charge in [0.1, 0.15) is 11.8 Å². The van der Waals surface area contributed by atoms with Crippen molar-refractivity contribution in [2.24, 2.45) is 5.73 Å². The summed E-state index contributed by atoms with van der Waals surface area (Å²) in [6.45, 7) is 4.32. The summed E-state index contributed by atoms with van der Waals surface area (Å²) in [5, 5.41) is 0. The Morgan fingerprint density at radius 2 is 2.09 bits per heavy atom. The van der Waals surface area contributed by atoms with Crippen LogP contribution >= 0.6 is 0 Å². The van der Waals surface area contributed by atoms with E-state index in [1.165, 1.54) is 6.33 Å². The molecule has 118 valence electrons. The number of rotatable bonds is 4. The fourth-order valence-corrected chi connectivity index (χ4v) is 2.57. The van der Waals surface area contributed by atoms with Crippen molar-refractivity contribution in [2.45, 2.75) is 20.4 Å². The van der Waals surface area contributed by atoms with Gasteiger partial charge in [-0.2, -0.15) is 0 Å². The van der Waals surface area contributed by atoms with E-state index in [-0.39, 0.29) is 0 Å². The molecule has 1 amide bonds. The number of amides is 1. The highest BCUT2D eigenvalue weighted by molar-refractivity contribution is 6.04. The summed E-state index contributed by atoms with van der Waals surface area (Å²) in [6, 6.07) is 1.97. The van der Waals surface area contributed by atoms with Crippen molar-refractivity contribution in [1.29, 1.82) is 0 Å². The molecule has 0 aliphatic carbocycles. The summed E-state index contributed by atoms with van der Waals surface area (Å²) >= 11 is 0. The Morgan fingerprint density at radius 3 is 2.78 bits per heavy atom. The second kappa shape index (κ2) is 5.68. The smallest absolute Gasteiger partial charge is 0.252 e. The largest absolute Gasteiger partial charge is 0.481 e. The maximum Gasteiger partial charge on any atom is 0.252 e. The number of aryl methyl sites for hydroxylation is 1. The normalized spacial score (nSPS) is 10.9. The van der Waals surface area contributed by atoms with Crippen molar-refractivity contribution in [3.05, 3.63) is 47.2 Å². The van der Waals surface area contributed by atoms with Crippen LogP contribution in [0.3, 0.4) is 0 Å². The van der Waals surface area contributed by atoms with E-state index in [2.05, 4.69) is 15.0 Å². The van der Waals surface area contributed by atoms with Crippen molar-refractivity contribution in [1.82, 2.24) is 19.5 Å². The standard InChI is InChI=1S/C16H17N5O2/c1-9-4-13-14(18-5-9)11(15(17)22)6-21(13)7-12-10(2)16(23-3)20-8-19-12/h4-6,8H,7H2,1-3H3,(H2,17,22). The molecule has 0 saturated heterocycles. The maximum atomic E-state index is 11.7. The molecule has 3 heterocycles. The fourth-order valence-electron chi connectivity index (χ4n) is 2.57. The molecule has 3 rings (SSSR count). The highest BCUT2D eigenvalue weighted by atomic mass is 16.5. The van der Waals surface area contributed by atoms with Crippen molar-refractivity contribution in [2.75, 3.05) is 7.11 Å². The van der Waals surface area contributed by atoms with Gasteiger partial charge in [0, 0.05) is 18.0 Å². The van der Waals surface area contributed by atoms with Crippen molar-refractivity contribution < 1.29 is 9.53 Å². The summed E-state index contributed by atoms with van der Waals surface area (Å²) in [5.41, 5.74) is 9.98. The molecule has 0 fully saturated rings. The highest BCUT2D eigenvalue weighted by Gasteiger charge is 2.16. The molecule has 0 aliphatic heterocycles. The van der Waals surface area contributed by atoms with E-state index in [9.17, 15) is 4.79 Å². The number of ether oxygens (including phenoxy) is 1. The number of fused-ring (bicyclic) bond motifs is 1. The van der Waals surface area contributed by atoms with Gasteiger partial charge in [-0.3, -0.25) is 9.78 Å². The molecule has 0 spiro atoms. The second-order valence-corrected chi connectivity index (χ2v) is 5.37. The van der Waals surface area contributed by atoms with E-state index in [0.29, 0.717) is 23.5 Å². The maximum absolute atomic E-state index is 11.7. The van der Waals surface area contributed by atoms with Crippen molar-refractivity contribution >= 4 is 16.9 Å². The summed E-state index contributed by atoms with van der Waals surface area (Å²) < 4.78 is 7.15. The molecule has 2 N–H and O–H groups in total. The van der Waals surface area contributed by atoms with Crippen LogP contribution in [0.2, 0.25) is 0 Å². The lowest BCUT2D eigenvalue weighted by Gasteiger charge is -2.10. The number of nitrogens with two attached hydrogens (primary N) is 1. The molecule has 7 nitrogen and oxygen atoms in total. The van der Waals surface area contributed by atoms with E-state index in [1.807, 2.05) is 24.5 Å². The van der Waals surface area contributed by atoms with E-state index in [0.717, 1.165) is 22.3 Å². The average molecular weight is 311 g/mol. The molecule has 0 saturated carbocycles. The van der Waals surface area contributed by atoms with Gasteiger partial charge in [-0.1, -0.05) is 0 Å². The Balaban J connectivity index is 2.14. The lowest BCUT2D eigenvalue weighted by atomic mass is 10.2. The van der Waals surface area contributed by atoms with Crippen LogP contribution < -0.4 is 10.5 Å². The van der Waals surface area contributed by atoms with Crippen LogP contribution in [0, 0.1) is 13.8 Å². The highest BCUT2D eigenvalue weighted by Crippen LogP contribution is 2.23. The molecule has 0 bridgehead atoms. The summed E-state index contributed by atoms with van der Waals surface area (Å²) in [7, 11) is 1.57. The van der Waals surface area contributed by atoms with Crippen LogP contribution in [0.15, 0.2) is 24.8 Å². The van der Waals surface area contributed by atoms with Crippen LogP contribution in [0.25, 0.3) is 11.0 Å². The van der Waals surface area contributed by atoms with E-state index >= 15 is 0 Å². The molecule has 0 unspecified atom stereocenters. The van der Waals surface area contributed by atoms with Gasteiger partial charge in [0.05, 0.1) is 30.4 Å². The molecule has 3 aromatic rings. The first-order valence-corrected chi connectivity index (χ1v) is 7.11. The Morgan fingerprint density at radius 1 is 1.30 bits per heavy atom. The number of methoxy groups -OCH3 is 1. The van der Waals surface area contributed by atoms with Gasteiger partial charge >= 0.3 is 0 Å². The third kappa shape index (κ3) is 2.61. The number of hydrogen-bond donors (Lipinski definition) is 1. The molecule has 23 heavy (non-hydrogen) atoms. The third-order valence-corrected chi connectivity index (χ3v) is 3.77. The monoisotopic (exact) mass is 311 g/mol. The molecular formula is C16H17N5O2. The molecular weight excluding hydrogens is 294 g/mol. The minimum absolute atomic E-state index is 0.402. The fraction of sp³-hybridized carbons (Fsp3) is 0.250. The zero-order valence-electron chi connectivity index (χ0n) is 13.2. The molecule has 3 aromatic heterocycles. The van der Waals surface area contributed by atoms with Gasteiger partial charge in [-0.25, -0.2) is 9.97 Å². The molecule has 0 aliphatic rings. The van der Waals surface area contributed by atoms with E-state index in [4.69, 9.17) is 10.5 Å². The van der Waals surface area contributed by atoms with Crippen molar-refractivity contribution in [3.63, 3.8) is 0 Å². The number of hydrogen-bond acceptors (Lipinski definition) is 5. The predicted molar refractivity (Wildman–Crippen MR) is 85.4 cm³/mol. The van der Waals surface area contributed by atoms with Crippen LogP contribution in [0.5, 0.6) is 5.88 Å². The van der Waals surface area contributed by atoms with Crippen molar-refractivity contribution in [3.8, 4) is 5.88 Å². The lowest BCUT2D eigenvalue weighted by Crippen LogP contribution is -2.10. The zero-order chi connectivity index (χ0) is 16.6. The first-order chi connectivity index (χ1) is 11.0. The number of pyridine rings is 1. The summed E-state index contributed by atoms with van der Waals surface area (Å²) in [6.07, 6.45) is 4.90. The van der Waals surface area contributed by atoms with Crippen LogP contribution in [-0.4, -0.2) is 32.5 Å². The molecule has 0 aromatic carbocycles. The molecule has 0 radical (unpaired) electrons. The SMILES string of the molecule is COc1ncnc(Cn2cc(C(N)=O)c3ncc(C)cc32)c1C. The minimum atomic E-state index is -0.498. The first-order valence-electron chi connectivity index (χ1n) is 7.11. The number of carbonyl (C=O) groups is 1. The van der Waals surface area contributed by atoms with Gasteiger partial charge in [-0.15, -0.1) is 0 Å². The predicted octanol–water partition coefficient (Wildman–Crippen LogP) is 1.60. The Labute approximate surface area is 133 Å². The van der Waals surface area contributed by atoms with Gasteiger partial charge in [0.2, 0.25) is 5.88 Å². The van der Waals surface area contributed by atoms with Gasteiger partial charge in [0.15, 0.2) is 0 Å². The summed E-state index contributed by atoms with van der Waals surface area (Å²) in [4.78, 5) is 24.4. The van der Waals surface area contributed by atoms with Gasteiger partial charge < -0.3 is 15.0 Å². The Bertz CT molecular complexity index is 901. The number of carbonyl (C=O) groups excluding carboxylic acids is 1. The van der Waals surface area contributed by atoms with Crippen LogP contribution in [0.1, 0.15) is 27.2 Å². The number of aromatic nitrogens is 4. The number of nitrogens with zero attached hydrogens (tertiary/aromatic N) is 4. The van der Waals surface area contributed by atoms with E-state index < -0.39 is 5.91 Å². The number of primary amides is 1. The van der Waals surface area contributed by atoms with Crippen LogP contribution in [0.4, 0.5) is 0 Å². The Hall–Kier alpha value is -2.96. The zero-order valence-corrected chi connectivity index (χ0v) is 13.2. The lowest BCUT2D eigenvalue weighted by molar-refractivity contribution is 0.100. The van der Waals surface area contributed by atoms with Gasteiger partial charge in [-0.05, 0) is 25.5 Å². The first kappa shape index (κ1) is 15.0. The second-order valence-electron chi connectivity index (χ2n) is 5.37. The van der Waals surface area contributed by atoms with Crippen LogP contribution in [-0.2, 0) is 6.54 Å². The quantitative estimate of drug-likeness (QED) is 0.789. The molecule has 0 atom stereocenters. The Kier molecular flexibility index (Phi) is 3.69. The topological polar surface area (TPSA) is 95.9 Å². The van der Waals surface area contributed by atoms with E-state index in [1.54, 1.807) is 19.5 Å². The molecule has 7 heteroatoms. The van der Waals surface area contributed by atoms with Gasteiger partial charge in [0.25, 0.3) is 5.91 Å². The third-order valence-electron chi connectivity index (χ3n) is 3.77. The minimum Gasteiger partial charge on any atom is -0.481 e. The average Bonchev–Trinajstić information content (AvgIpc) is 2.87.